The number of carboxylic acid groups (broad SMARTS) is 1. The highest BCUT2D eigenvalue weighted by Gasteiger charge is 2.45. The van der Waals surface area contributed by atoms with Gasteiger partial charge in [0.1, 0.15) is 0 Å². The Hall–Kier alpha value is -0.570. The summed E-state index contributed by atoms with van der Waals surface area (Å²) in [5.74, 6) is -0.696. The Labute approximate surface area is 78.8 Å². The molecular formula is C10H18O3. The van der Waals surface area contributed by atoms with E-state index in [0.717, 1.165) is 12.8 Å². The van der Waals surface area contributed by atoms with E-state index in [4.69, 9.17) is 5.11 Å². The van der Waals surface area contributed by atoms with Crippen molar-refractivity contribution in [1.29, 1.82) is 0 Å². The van der Waals surface area contributed by atoms with E-state index >= 15 is 0 Å². The molecule has 0 aliphatic heterocycles. The van der Waals surface area contributed by atoms with Crippen LogP contribution in [-0.4, -0.2) is 22.3 Å². The number of carboxylic acids is 1. The van der Waals surface area contributed by atoms with Crippen LogP contribution in [0.1, 0.15) is 33.6 Å². The minimum Gasteiger partial charge on any atom is -0.479 e. The molecule has 0 heterocycles. The van der Waals surface area contributed by atoms with Crippen LogP contribution in [0.3, 0.4) is 0 Å². The highest BCUT2D eigenvalue weighted by Crippen LogP contribution is 2.48. The number of carbonyl (C=O) groups is 1. The Kier molecular flexibility index (Phi) is 2.66. The quantitative estimate of drug-likeness (QED) is 0.687. The van der Waals surface area contributed by atoms with Crippen LogP contribution >= 0.6 is 0 Å². The molecule has 0 aromatic rings. The van der Waals surface area contributed by atoms with Crippen LogP contribution < -0.4 is 0 Å². The van der Waals surface area contributed by atoms with Crippen molar-refractivity contribution in [2.45, 2.75) is 39.7 Å². The molecule has 2 N–H and O–H groups in total. The smallest absolute Gasteiger partial charge is 0.332 e. The third-order valence-electron chi connectivity index (χ3n) is 3.77. The Morgan fingerprint density at radius 2 is 2.00 bits per heavy atom. The molecule has 1 saturated carbocycles. The summed E-state index contributed by atoms with van der Waals surface area (Å²) in [6, 6.07) is 0. The molecule has 13 heavy (non-hydrogen) atoms. The average molecular weight is 186 g/mol. The van der Waals surface area contributed by atoms with Gasteiger partial charge in [0.15, 0.2) is 6.10 Å². The number of hydrogen-bond acceptors (Lipinski definition) is 2. The van der Waals surface area contributed by atoms with Gasteiger partial charge in [0, 0.05) is 5.92 Å². The maximum Gasteiger partial charge on any atom is 0.332 e. The molecular weight excluding hydrogens is 168 g/mol. The molecule has 0 amide bonds. The molecule has 1 aliphatic carbocycles. The van der Waals surface area contributed by atoms with Crippen molar-refractivity contribution in [3.8, 4) is 0 Å². The van der Waals surface area contributed by atoms with E-state index in [9.17, 15) is 9.90 Å². The van der Waals surface area contributed by atoms with E-state index in [2.05, 4.69) is 6.92 Å². The number of aliphatic hydroxyl groups excluding tert-OH is 1. The maximum atomic E-state index is 10.6. The first-order valence-electron chi connectivity index (χ1n) is 4.78. The summed E-state index contributed by atoms with van der Waals surface area (Å²) < 4.78 is 0. The Morgan fingerprint density at radius 1 is 1.46 bits per heavy atom. The van der Waals surface area contributed by atoms with Gasteiger partial charge in [-0.2, -0.15) is 0 Å². The predicted molar refractivity (Wildman–Crippen MR) is 49.3 cm³/mol. The van der Waals surface area contributed by atoms with Crippen molar-refractivity contribution >= 4 is 5.97 Å². The lowest BCUT2D eigenvalue weighted by Crippen LogP contribution is -2.37. The highest BCUT2D eigenvalue weighted by molar-refractivity contribution is 5.72. The first-order valence-corrected chi connectivity index (χ1v) is 4.78. The number of aliphatic hydroxyl groups is 1. The van der Waals surface area contributed by atoms with Crippen LogP contribution in [0.25, 0.3) is 0 Å². The summed E-state index contributed by atoms with van der Waals surface area (Å²) in [7, 11) is 0. The number of hydrogen-bond donors (Lipinski definition) is 2. The topological polar surface area (TPSA) is 57.5 Å². The first kappa shape index (κ1) is 10.5. The fourth-order valence-electron chi connectivity index (χ4n) is 2.28. The lowest BCUT2D eigenvalue weighted by molar-refractivity contribution is -0.152. The zero-order valence-electron chi connectivity index (χ0n) is 8.45. The van der Waals surface area contributed by atoms with Crippen molar-refractivity contribution in [2.75, 3.05) is 0 Å². The highest BCUT2D eigenvalue weighted by atomic mass is 16.4. The first-order chi connectivity index (χ1) is 5.87. The maximum absolute atomic E-state index is 10.6. The van der Waals surface area contributed by atoms with Gasteiger partial charge in [-0.05, 0) is 24.2 Å². The molecule has 0 radical (unpaired) electrons. The van der Waals surface area contributed by atoms with Gasteiger partial charge < -0.3 is 10.2 Å². The van der Waals surface area contributed by atoms with Gasteiger partial charge >= 0.3 is 5.97 Å². The predicted octanol–water partition coefficient (Wildman–Crippen LogP) is 1.50. The molecule has 0 aromatic carbocycles. The van der Waals surface area contributed by atoms with Gasteiger partial charge in [0.2, 0.25) is 0 Å². The van der Waals surface area contributed by atoms with E-state index in [-0.39, 0.29) is 11.3 Å². The van der Waals surface area contributed by atoms with Gasteiger partial charge in [-0.25, -0.2) is 4.79 Å². The van der Waals surface area contributed by atoms with Crippen LogP contribution in [0.2, 0.25) is 0 Å². The van der Waals surface area contributed by atoms with Gasteiger partial charge in [-0.15, -0.1) is 0 Å². The van der Waals surface area contributed by atoms with Crippen molar-refractivity contribution in [2.24, 2.45) is 17.3 Å². The van der Waals surface area contributed by atoms with Gasteiger partial charge in [-0.1, -0.05) is 20.8 Å². The minimum absolute atomic E-state index is 0.0577. The van der Waals surface area contributed by atoms with E-state index in [1.165, 1.54) is 0 Å². The monoisotopic (exact) mass is 186 g/mol. The molecule has 0 aromatic heterocycles. The third kappa shape index (κ3) is 1.70. The summed E-state index contributed by atoms with van der Waals surface area (Å²) >= 11 is 0. The standard InChI is InChI=1S/C10H18O3/c1-6-4-5-7(10(6,2)3)8(11)9(12)13/h6-8,11H,4-5H2,1-3H3,(H,12,13)/t6-,7+,8-/m0/s1. The third-order valence-corrected chi connectivity index (χ3v) is 3.77. The number of aliphatic carboxylic acids is 1. The SMILES string of the molecule is C[C@H]1CC[C@H]([C@H](O)C(=O)O)C1(C)C. The van der Waals surface area contributed by atoms with Crippen LogP contribution in [0.5, 0.6) is 0 Å². The van der Waals surface area contributed by atoms with Crippen LogP contribution in [0.15, 0.2) is 0 Å². The summed E-state index contributed by atoms with van der Waals surface area (Å²) in [4.78, 5) is 10.6. The zero-order chi connectivity index (χ0) is 10.2. The lowest BCUT2D eigenvalue weighted by atomic mass is 9.74. The van der Waals surface area contributed by atoms with Crippen LogP contribution in [0, 0.1) is 17.3 Å². The van der Waals surface area contributed by atoms with Crippen molar-refractivity contribution in [3.05, 3.63) is 0 Å². The second kappa shape index (κ2) is 3.29. The second-order valence-electron chi connectivity index (χ2n) is 4.69. The Morgan fingerprint density at radius 3 is 2.31 bits per heavy atom. The van der Waals surface area contributed by atoms with Crippen molar-refractivity contribution < 1.29 is 15.0 Å². The molecule has 0 unspecified atom stereocenters. The fourth-order valence-corrected chi connectivity index (χ4v) is 2.28. The van der Waals surface area contributed by atoms with E-state index in [0.29, 0.717) is 5.92 Å². The molecule has 1 rings (SSSR count). The summed E-state index contributed by atoms with van der Waals surface area (Å²) in [5.41, 5.74) is -0.0577. The molecule has 0 bridgehead atoms. The molecule has 3 atom stereocenters. The molecule has 3 nitrogen and oxygen atoms in total. The lowest BCUT2D eigenvalue weighted by Gasteiger charge is -2.32. The molecule has 0 saturated heterocycles. The second-order valence-corrected chi connectivity index (χ2v) is 4.69. The summed E-state index contributed by atoms with van der Waals surface area (Å²) in [6.45, 7) is 6.21. The van der Waals surface area contributed by atoms with Crippen LogP contribution in [-0.2, 0) is 4.79 Å². The summed E-state index contributed by atoms with van der Waals surface area (Å²) in [6.07, 6.45) is 0.642. The molecule has 1 fully saturated rings. The minimum atomic E-state index is -1.19. The molecule has 3 heteroatoms. The fraction of sp³-hybridized carbons (Fsp3) is 0.900. The molecule has 1 aliphatic rings. The van der Waals surface area contributed by atoms with Crippen molar-refractivity contribution in [1.82, 2.24) is 0 Å². The molecule has 76 valence electrons. The van der Waals surface area contributed by atoms with E-state index < -0.39 is 12.1 Å². The van der Waals surface area contributed by atoms with E-state index in [1.54, 1.807) is 0 Å². The van der Waals surface area contributed by atoms with Gasteiger partial charge in [0.05, 0.1) is 0 Å². The van der Waals surface area contributed by atoms with Gasteiger partial charge in [0.25, 0.3) is 0 Å². The largest absolute Gasteiger partial charge is 0.479 e. The van der Waals surface area contributed by atoms with Crippen molar-refractivity contribution in [3.63, 3.8) is 0 Å². The molecule has 0 spiro atoms. The number of rotatable bonds is 2. The average Bonchev–Trinajstić information content (AvgIpc) is 2.26. The van der Waals surface area contributed by atoms with E-state index in [1.807, 2.05) is 13.8 Å². The Balaban J connectivity index is 2.77. The Bertz CT molecular complexity index is 210. The normalized spacial score (nSPS) is 34.5. The zero-order valence-corrected chi connectivity index (χ0v) is 8.45. The van der Waals surface area contributed by atoms with Crippen LogP contribution in [0.4, 0.5) is 0 Å². The van der Waals surface area contributed by atoms with Gasteiger partial charge in [-0.3, -0.25) is 0 Å². The summed E-state index contributed by atoms with van der Waals surface area (Å²) in [5, 5.41) is 18.2.